The molecular formula is C18H19ClO3. The Kier molecular flexibility index (Phi) is 5.45. The van der Waals surface area contributed by atoms with Gasteiger partial charge in [0.2, 0.25) is 0 Å². The Labute approximate surface area is 135 Å². The van der Waals surface area contributed by atoms with Gasteiger partial charge in [-0.1, -0.05) is 23.7 Å². The molecule has 0 fully saturated rings. The Morgan fingerprint density at radius 2 is 1.68 bits per heavy atom. The molecule has 0 radical (unpaired) electrons. The molecule has 0 aliphatic rings. The molecule has 4 heteroatoms. The Morgan fingerprint density at radius 3 is 2.41 bits per heavy atom. The van der Waals surface area contributed by atoms with Gasteiger partial charge in [0.25, 0.3) is 0 Å². The highest BCUT2D eigenvalue weighted by Gasteiger charge is 2.07. The lowest BCUT2D eigenvalue weighted by atomic mass is 10.1. The second-order valence-corrected chi connectivity index (χ2v) is 5.59. The quantitative estimate of drug-likeness (QED) is 0.579. The highest BCUT2D eigenvalue weighted by Crippen LogP contribution is 2.26. The van der Waals surface area contributed by atoms with Gasteiger partial charge in [0.15, 0.2) is 6.29 Å². The highest BCUT2D eigenvalue weighted by atomic mass is 35.5. The van der Waals surface area contributed by atoms with Crippen LogP contribution in [0.1, 0.15) is 27.0 Å². The summed E-state index contributed by atoms with van der Waals surface area (Å²) in [6, 6.07) is 9.09. The Bertz CT molecular complexity index is 680. The van der Waals surface area contributed by atoms with Gasteiger partial charge in [-0.25, -0.2) is 0 Å². The Balaban J connectivity index is 1.96. The van der Waals surface area contributed by atoms with Crippen molar-refractivity contribution in [1.82, 2.24) is 0 Å². The van der Waals surface area contributed by atoms with Crippen LogP contribution in [0.3, 0.4) is 0 Å². The maximum atomic E-state index is 11.0. The number of halogens is 1. The molecule has 116 valence electrons. The van der Waals surface area contributed by atoms with Gasteiger partial charge in [-0.05, 0) is 55.7 Å². The molecule has 0 aliphatic heterocycles. The third-order valence-corrected chi connectivity index (χ3v) is 3.79. The smallest absolute Gasteiger partial charge is 0.153 e. The van der Waals surface area contributed by atoms with Crippen LogP contribution in [0.4, 0.5) is 0 Å². The third kappa shape index (κ3) is 3.80. The van der Waals surface area contributed by atoms with Gasteiger partial charge < -0.3 is 9.47 Å². The number of carbonyl (C=O) groups excluding carboxylic acids is 1. The van der Waals surface area contributed by atoms with E-state index in [0.717, 1.165) is 23.2 Å². The molecular weight excluding hydrogens is 300 g/mol. The number of rotatable bonds is 6. The van der Waals surface area contributed by atoms with Gasteiger partial charge in [-0.2, -0.15) is 0 Å². The van der Waals surface area contributed by atoms with E-state index in [-0.39, 0.29) is 0 Å². The molecule has 0 heterocycles. The van der Waals surface area contributed by atoms with Crippen LogP contribution >= 0.6 is 11.6 Å². The van der Waals surface area contributed by atoms with Crippen LogP contribution in [0.25, 0.3) is 0 Å². The summed E-state index contributed by atoms with van der Waals surface area (Å²) in [6.45, 7) is 6.89. The molecule has 0 aliphatic carbocycles. The topological polar surface area (TPSA) is 35.5 Å². The molecule has 0 amide bonds. The van der Waals surface area contributed by atoms with Crippen molar-refractivity contribution in [1.29, 1.82) is 0 Å². The lowest BCUT2D eigenvalue weighted by molar-refractivity contribution is 0.111. The van der Waals surface area contributed by atoms with E-state index < -0.39 is 0 Å². The van der Waals surface area contributed by atoms with Gasteiger partial charge in [0, 0.05) is 5.02 Å². The van der Waals surface area contributed by atoms with Crippen molar-refractivity contribution in [3.8, 4) is 11.5 Å². The maximum absolute atomic E-state index is 11.0. The van der Waals surface area contributed by atoms with Crippen LogP contribution in [0.2, 0.25) is 5.02 Å². The molecule has 22 heavy (non-hydrogen) atoms. The molecule has 2 aromatic carbocycles. The van der Waals surface area contributed by atoms with Gasteiger partial charge >= 0.3 is 0 Å². The van der Waals surface area contributed by atoms with Crippen molar-refractivity contribution in [2.24, 2.45) is 0 Å². The molecule has 0 atom stereocenters. The summed E-state index contributed by atoms with van der Waals surface area (Å²) in [5, 5.41) is 0.511. The molecule has 2 rings (SSSR count). The number of hydrogen-bond acceptors (Lipinski definition) is 3. The summed E-state index contributed by atoms with van der Waals surface area (Å²) >= 11 is 5.85. The van der Waals surface area contributed by atoms with Crippen molar-refractivity contribution in [2.75, 3.05) is 13.2 Å². The largest absolute Gasteiger partial charge is 0.489 e. The molecule has 0 N–H and O–H groups in total. The summed E-state index contributed by atoms with van der Waals surface area (Å²) in [5.74, 6) is 1.41. The van der Waals surface area contributed by atoms with E-state index in [1.807, 2.05) is 19.9 Å². The second-order valence-electron chi connectivity index (χ2n) is 5.15. The minimum Gasteiger partial charge on any atom is -0.489 e. The third-order valence-electron chi connectivity index (χ3n) is 3.56. The molecule has 0 spiro atoms. The fourth-order valence-electron chi connectivity index (χ4n) is 2.19. The fraction of sp³-hybridized carbons (Fsp3) is 0.278. The van der Waals surface area contributed by atoms with E-state index in [0.29, 0.717) is 29.5 Å². The molecule has 0 saturated heterocycles. The zero-order chi connectivity index (χ0) is 16.1. The van der Waals surface area contributed by atoms with Crippen LogP contribution in [0.5, 0.6) is 11.5 Å². The van der Waals surface area contributed by atoms with Crippen molar-refractivity contribution in [3.05, 3.63) is 57.6 Å². The second kappa shape index (κ2) is 7.32. The van der Waals surface area contributed by atoms with Crippen LogP contribution in [0, 0.1) is 20.8 Å². The normalized spacial score (nSPS) is 10.4. The monoisotopic (exact) mass is 318 g/mol. The molecule has 0 bridgehead atoms. The number of ether oxygens (including phenoxy) is 2. The standard InChI is InChI=1S/C18H19ClO3/c1-12-4-5-13(2)18(14(12)3)22-9-8-21-17-7-6-16(19)10-15(17)11-20/h4-7,10-11H,8-9H2,1-3H3. The number of aryl methyl sites for hydroxylation is 2. The van der Waals surface area contributed by atoms with E-state index in [4.69, 9.17) is 21.1 Å². The molecule has 0 unspecified atom stereocenters. The van der Waals surface area contributed by atoms with Crippen LogP contribution in [0.15, 0.2) is 30.3 Å². The van der Waals surface area contributed by atoms with Crippen molar-refractivity contribution >= 4 is 17.9 Å². The fourth-order valence-corrected chi connectivity index (χ4v) is 2.37. The van der Waals surface area contributed by atoms with Crippen molar-refractivity contribution in [2.45, 2.75) is 20.8 Å². The number of hydrogen-bond donors (Lipinski definition) is 0. The number of benzene rings is 2. The van der Waals surface area contributed by atoms with E-state index in [9.17, 15) is 4.79 Å². The average molecular weight is 319 g/mol. The number of aldehydes is 1. The SMILES string of the molecule is Cc1ccc(C)c(OCCOc2ccc(Cl)cc2C=O)c1C. The maximum Gasteiger partial charge on any atom is 0.153 e. The first kappa shape index (κ1) is 16.4. The minimum atomic E-state index is 0.356. The van der Waals surface area contributed by atoms with Crippen molar-refractivity contribution in [3.63, 3.8) is 0 Å². The van der Waals surface area contributed by atoms with Gasteiger partial charge in [0.05, 0.1) is 5.56 Å². The highest BCUT2D eigenvalue weighted by molar-refractivity contribution is 6.30. The van der Waals surface area contributed by atoms with Gasteiger partial charge in [-0.3, -0.25) is 4.79 Å². The van der Waals surface area contributed by atoms with Crippen molar-refractivity contribution < 1.29 is 14.3 Å². The predicted molar refractivity (Wildman–Crippen MR) is 88.5 cm³/mol. The van der Waals surface area contributed by atoms with E-state index in [2.05, 4.69) is 13.0 Å². The molecule has 2 aromatic rings. The Morgan fingerprint density at radius 1 is 1.00 bits per heavy atom. The zero-order valence-corrected chi connectivity index (χ0v) is 13.7. The molecule has 0 saturated carbocycles. The lowest BCUT2D eigenvalue weighted by Gasteiger charge is -2.14. The molecule has 0 aromatic heterocycles. The predicted octanol–water partition coefficient (Wildman–Crippen LogP) is 4.54. The van der Waals surface area contributed by atoms with E-state index >= 15 is 0 Å². The molecule has 3 nitrogen and oxygen atoms in total. The summed E-state index contributed by atoms with van der Waals surface area (Å²) in [6.07, 6.45) is 0.733. The Hall–Kier alpha value is -2.00. The first-order valence-corrected chi connectivity index (χ1v) is 7.48. The lowest BCUT2D eigenvalue weighted by Crippen LogP contribution is -2.11. The van der Waals surface area contributed by atoms with E-state index in [1.165, 1.54) is 5.56 Å². The number of carbonyl (C=O) groups is 1. The first-order chi connectivity index (χ1) is 10.5. The zero-order valence-electron chi connectivity index (χ0n) is 13.0. The average Bonchev–Trinajstić information content (AvgIpc) is 2.51. The van der Waals surface area contributed by atoms with Gasteiger partial charge in [-0.15, -0.1) is 0 Å². The summed E-state index contributed by atoms with van der Waals surface area (Å²) in [7, 11) is 0. The van der Waals surface area contributed by atoms with Crippen LogP contribution in [-0.4, -0.2) is 19.5 Å². The summed E-state index contributed by atoms with van der Waals surface area (Å²) in [5.41, 5.74) is 3.88. The van der Waals surface area contributed by atoms with Crippen LogP contribution in [-0.2, 0) is 0 Å². The van der Waals surface area contributed by atoms with Crippen LogP contribution < -0.4 is 9.47 Å². The van der Waals surface area contributed by atoms with E-state index in [1.54, 1.807) is 18.2 Å². The minimum absolute atomic E-state index is 0.356. The summed E-state index contributed by atoms with van der Waals surface area (Å²) in [4.78, 5) is 11.0. The van der Waals surface area contributed by atoms with Gasteiger partial charge in [0.1, 0.15) is 24.7 Å². The first-order valence-electron chi connectivity index (χ1n) is 7.10. The summed E-state index contributed by atoms with van der Waals surface area (Å²) < 4.78 is 11.4.